The number of rotatable bonds is 3. The van der Waals surface area contributed by atoms with Gasteiger partial charge in [-0.25, -0.2) is 9.59 Å². The Morgan fingerprint density at radius 3 is 2.12 bits per heavy atom. The van der Waals surface area contributed by atoms with Crippen molar-refractivity contribution in [3.05, 3.63) is 64.9 Å². The molecule has 2 heterocycles. The fraction of sp³-hybridized carbons (Fsp3) is 0. The van der Waals surface area contributed by atoms with Gasteiger partial charge in [-0.3, -0.25) is 4.98 Å². The molecule has 0 atom stereocenters. The highest BCUT2D eigenvalue weighted by molar-refractivity contribution is 5.97. The molecule has 0 aliphatic carbocycles. The van der Waals surface area contributed by atoms with Crippen LogP contribution >= 0.6 is 0 Å². The maximum atomic E-state index is 10.5. The minimum atomic E-state index is -1.09. The number of aromatic nitrogens is 2. The SMILES string of the molecule is N/C(=N\O)c1cc(C(=O)O)ccn1.[C-]#[N+]c1cc(C(=O)O)ccn1. The minimum Gasteiger partial charge on any atom is -0.478 e. The lowest BCUT2D eigenvalue weighted by molar-refractivity contribution is 0.0686. The first-order valence-corrected chi connectivity index (χ1v) is 6.13. The first-order chi connectivity index (χ1) is 11.4. The molecule has 0 aromatic carbocycles. The molecular weight excluding hydrogens is 318 g/mol. The first kappa shape index (κ1) is 18.1. The lowest BCUT2D eigenvalue weighted by atomic mass is 10.2. The quantitative estimate of drug-likeness (QED) is 0.214. The van der Waals surface area contributed by atoms with E-state index in [1.165, 1.54) is 36.7 Å². The van der Waals surface area contributed by atoms with Gasteiger partial charge in [-0.1, -0.05) is 11.7 Å². The van der Waals surface area contributed by atoms with Crippen molar-refractivity contribution in [2.24, 2.45) is 10.9 Å². The van der Waals surface area contributed by atoms with Crippen LogP contribution in [0.3, 0.4) is 0 Å². The van der Waals surface area contributed by atoms with Crippen LogP contribution in [0.15, 0.2) is 41.8 Å². The standard InChI is InChI=1S/C7H7N3O3.C7H4N2O2/c8-6(10-13)5-3-4(7(11)12)1-2-9-5;1-8-6-4-5(7(10)11)2-3-9-6/h1-3,13H,(H2,8,10)(H,11,12);2-4H,(H,10,11). The van der Waals surface area contributed by atoms with Crippen LogP contribution in [0, 0.1) is 6.57 Å². The third-order valence-corrected chi connectivity index (χ3v) is 2.48. The van der Waals surface area contributed by atoms with Crippen molar-refractivity contribution in [1.82, 2.24) is 9.97 Å². The molecule has 24 heavy (non-hydrogen) atoms. The Morgan fingerprint density at radius 1 is 1.08 bits per heavy atom. The second kappa shape index (κ2) is 8.44. The lowest BCUT2D eigenvalue weighted by Gasteiger charge is -1.98. The fourth-order valence-electron chi connectivity index (χ4n) is 1.37. The highest BCUT2D eigenvalue weighted by Gasteiger charge is 2.06. The summed E-state index contributed by atoms with van der Waals surface area (Å²) >= 11 is 0. The minimum absolute atomic E-state index is 0.0385. The maximum absolute atomic E-state index is 10.5. The van der Waals surface area contributed by atoms with E-state index in [4.69, 9.17) is 27.7 Å². The van der Waals surface area contributed by atoms with Gasteiger partial charge in [-0.15, -0.1) is 4.98 Å². The van der Waals surface area contributed by atoms with Crippen LogP contribution in [0.25, 0.3) is 4.85 Å². The number of hydrogen-bond donors (Lipinski definition) is 4. The van der Waals surface area contributed by atoms with E-state index in [2.05, 4.69) is 20.0 Å². The highest BCUT2D eigenvalue weighted by Crippen LogP contribution is 2.09. The van der Waals surface area contributed by atoms with E-state index in [1.807, 2.05) is 0 Å². The maximum Gasteiger partial charge on any atom is 0.335 e. The van der Waals surface area contributed by atoms with E-state index in [0.29, 0.717) is 0 Å². The zero-order valence-electron chi connectivity index (χ0n) is 12.0. The Hall–Kier alpha value is -4.00. The average molecular weight is 329 g/mol. The van der Waals surface area contributed by atoms with Gasteiger partial charge in [-0.2, -0.15) is 0 Å². The summed E-state index contributed by atoms with van der Waals surface area (Å²) in [5.41, 5.74) is 5.46. The first-order valence-electron chi connectivity index (χ1n) is 6.13. The van der Waals surface area contributed by atoms with E-state index in [0.717, 1.165) is 0 Å². The van der Waals surface area contributed by atoms with Gasteiger partial charge in [0, 0.05) is 6.20 Å². The number of hydrogen-bond acceptors (Lipinski definition) is 6. The van der Waals surface area contributed by atoms with Gasteiger partial charge in [-0.05, 0) is 24.3 Å². The van der Waals surface area contributed by atoms with Gasteiger partial charge in [0.25, 0.3) is 5.82 Å². The van der Waals surface area contributed by atoms with Crippen molar-refractivity contribution in [2.75, 3.05) is 0 Å². The van der Waals surface area contributed by atoms with E-state index in [-0.39, 0.29) is 28.5 Å². The summed E-state index contributed by atoms with van der Waals surface area (Å²) in [5.74, 6) is -2.25. The molecule has 0 saturated heterocycles. The smallest absolute Gasteiger partial charge is 0.335 e. The van der Waals surface area contributed by atoms with Gasteiger partial charge in [0.2, 0.25) is 0 Å². The normalized spacial score (nSPS) is 10.0. The van der Waals surface area contributed by atoms with Gasteiger partial charge in [0.1, 0.15) is 11.9 Å². The number of carboxylic acid groups (broad SMARTS) is 2. The van der Waals surface area contributed by atoms with Gasteiger partial charge in [0.05, 0.1) is 11.1 Å². The Morgan fingerprint density at radius 2 is 1.62 bits per heavy atom. The molecule has 0 fully saturated rings. The van der Waals surface area contributed by atoms with Crippen molar-refractivity contribution in [3.8, 4) is 0 Å². The van der Waals surface area contributed by atoms with E-state index in [1.54, 1.807) is 0 Å². The number of amidine groups is 1. The van der Waals surface area contributed by atoms with E-state index in [9.17, 15) is 9.59 Å². The Bertz CT molecular complexity index is 828. The predicted octanol–water partition coefficient (Wildman–Crippen LogP) is 1.20. The molecule has 0 spiro atoms. The number of oxime groups is 1. The van der Waals surface area contributed by atoms with Crippen LogP contribution in [0.1, 0.15) is 26.4 Å². The molecule has 5 N–H and O–H groups in total. The van der Waals surface area contributed by atoms with Crippen molar-refractivity contribution in [3.63, 3.8) is 0 Å². The molecule has 10 heteroatoms. The average Bonchev–Trinajstić information content (AvgIpc) is 2.61. The lowest BCUT2D eigenvalue weighted by Crippen LogP contribution is -2.15. The second-order valence-electron chi connectivity index (χ2n) is 4.04. The Kier molecular flexibility index (Phi) is 6.35. The molecule has 0 amide bonds. The zero-order valence-corrected chi connectivity index (χ0v) is 12.0. The number of aromatic carboxylic acids is 2. The molecule has 10 nitrogen and oxygen atoms in total. The largest absolute Gasteiger partial charge is 0.478 e. The summed E-state index contributed by atoms with van der Waals surface area (Å²) in [6, 6.07) is 5.11. The number of pyridine rings is 2. The zero-order chi connectivity index (χ0) is 18.1. The molecule has 0 aliphatic rings. The Labute approximate surface area is 135 Å². The monoisotopic (exact) mass is 329 g/mol. The summed E-state index contributed by atoms with van der Waals surface area (Å²) in [5, 5.41) is 28.1. The molecule has 2 aromatic heterocycles. The highest BCUT2D eigenvalue weighted by atomic mass is 16.4. The number of nitrogens with two attached hydrogens (primary N) is 1. The van der Waals surface area contributed by atoms with Gasteiger partial charge < -0.3 is 26.0 Å². The summed E-state index contributed by atoms with van der Waals surface area (Å²) in [7, 11) is 0. The Balaban J connectivity index is 0.000000243. The molecule has 0 radical (unpaired) electrons. The van der Waals surface area contributed by atoms with Crippen LogP contribution in [0.4, 0.5) is 5.82 Å². The third kappa shape index (κ3) is 5.08. The number of nitrogens with zero attached hydrogens (tertiary/aromatic N) is 4. The third-order valence-electron chi connectivity index (χ3n) is 2.48. The van der Waals surface area contributed by atoms with E-state index >= 15 is 0 Å². The van der Waals surface area contributed by atoms with Gasteiger partial charge in [0.15, 0.2) is 5.84 Å². The van der Waals surface area contributed by atoms with Crippen LogP contribution in [-0.4, -0.2) is 43.2 Å². The van der Waals surface area contributed by atoms with Crippen molar-refractivity contribution < 1.29 is 25.0 Å². The summed E-state index contributed by atoms with van der Waals surface area (Å²) in [6.07, 6.45) is 2.58. The van der Waals surface area contributed by atoms with Crippen LogP contribution < -0.4 is 5.73 Å². The number of carbonyl (C=O) groups is 2. The molecule has 122 valence electrons. The van der Waals surface area contributed by atoms with Crippen LogP contribution in [0.2, 0.25) is 0 Å². The molecule has 0 bridgehead atoms. The van der Waals surface area contributed by atoms with Crippen molar-refractivity contribution >= 4 is 23.6 Å². The van der Waals surface area contributed by atoms with E-state index < -0.39 is 11.9 Å². The van der Waals surface area contributed by atoms with Crippen LogP contribution in [-0.2, 0) is 0 Å². The molecule has 0 aliphatic heterocycles. The topological polar surface area (TPSA) is 163 Å². The molecule has 0 unspecified atom stereocenters. The molecule has 2 rings (SSSR count). The van der Waals surface area contributed by atoms with Crippen molar-refractivity contribution in [1.29, 1.82) is 0 Å². The summed E-state index contributed by atoms with van der Waals surface area (Å²) < 4.78 is 0. The fourth-order valence-corrected chi connectivity index (χ4v) is 1.37. The molecule has 0 saturated carbocycles. The summed E-state index contributed by atoms with van der Waals surface area (Å²) in [6.45, 7) is 6.55. The van der Waals surface area contributed by atoms with Crippen molar-refractivity contribution in [2.45, 2.75) is 0 Å². The molecule has 2 aromatic rings. The molecular formula is C14H11N5O5. The number of carboxylic acids is 2. The second-order valence-corrected chi connectivity index (χ2v) is 4.04. The van der Waals surface area contributed by atoms with Crippen LogP contribution in [0.5, 0.6) is 0 Å². The predicted molar refractivity (Wildman–Crippen MR) is 81.2 cm³/mol. The summed E-state index contributed by atoms with van der Waals surface area (Å²) in [4.78, 5) is 31.2. The van der Waals surface area contributed by atoms with Gasteiger partial charge >= 0.3 is 11.9 Å².